The number of fused-ring (bicyclic) bond motifs is 1. The fourth-order valence-corrected chi connectivity index (χ4v) is 9.83. The molecule has 12 heteroatoms. The molecule has 0 aliphatic rings. The van der Waals surface area contributed by atoms with Crippen LogP contribution in [0.1, 0.15) is 44.0 Å². The third kappa shape index (κ3) is 8.04. The minimum atomic E-state index is -4.95. The van der Waals surface area contributed by atoms with Crippen LogP contribution in [0.25, 0.3) is 20.8 Å². The molecule has 2 aromatic heterocycles. The summed E-state index contributed by atoms with van der Waals surface area (Å²) in [5.74, 6) is 0. The summed E-state index contributed by atoms with van der Waals surface area (Å²) < 4.78 is 47.0. The molecule has 63 heavy (non-hydrogen) atoms. The molecule has 0 saturated heterocycles. The third-order valence-corrected chi connectivity index (χ3v) is 13.0. The van der Waals surface area contributed by atoms with Gasteiger partial charge in [0.1, 0.15) is 21.1 Å². The van der Waals surface area contributed by atoms with Gasteiger partial charge in [-0.1, -0.05) is 211 Å². The van der Waals surface area contributed by atoms with Crippen LogP contribution in [0.4, 0.5) is 18.3 Å². The predicted molar refractivity (Wildman–Crippen MR) is 249 cm³/mol. The number of rotatable bonds is 13. The van der Waals surface area contributed by atoms with E-state index < -0.39 is 38.7 Å². The number of oxime groups is 1. The van der Waals surface area contributed by atoms with Gasteiger partial charge in [-0.3, -0.25) is 4.79 Å². The fourth-order valence-electron chi connectivity index (χ4n) is 7.84. The zero-order chi connectivity index (χ0) is 43.4. The second kappa shape index (κ2) is 17.5. The van der Waals surface area contributed by atoms with E-state index in [9.17, 15) is 4.79 Å². The Morgan fingerprint density at radius 2 is 1.05 bits per heavy atom. The molecule has 0 radical (unpaired) electrons. The zero-order valence-electron chi connectivity index (χ0n) is 33.1. The summed E-state index contributed by atoms with van der Waals surface area (Å²) in [6.07, 6.45) is -4.95. The van der Waals surface area contributed by atoms with Gasteiger partial charge in [-0.25, -0.2) is 9.97 Å². The van der Waals surface area contributed by atoms with Gasteiger partial charge in [0.05, 0.1) is 10.2 Å². The van der Waals surface area contributed by atoms with E-state index in [1.54, 1.807) is 0 Å². The van der Waals surface area contributed by atoms with Crippen molar-refractivity contribution in [3.05, 3.63) is 244 Å². The van der Waals surface area contributed by atoms with Gasteiger partial charge in [0.15, 0.2) is 10.8 Å². The smallest absolute Gasteiger partial charge is 0.374 e. The van der Waals surface area contributed by atoms with Crippen LogP contribution in [0, 0.1) is 0 Å². The van der Waals surface area contributed by atoms with Gasteiger partial charge in [-0.05, 0) is 34.9 Å². The number of carbonyl (C=O) groups excluding carboxylic acids is 1. The van der Waals surface area contributed by atoms with Gasteiger partial charge in [-0.15, -0.1) is 11.3 Å². The minimum Gasteiger partial charge on any atom is -0.374 e. The van der Waals surface area contributed by atoms with Gasteiger partial charge in [0.25, 0.3) is 0 Å². The first-order valence-electron chi connectivity index (χ1n) is 19.8. The van der Waals surface area contributed by atoms with Gasteiger partial charge >= 0.3 is 6.18 Å². The molecule has 0 atom stereocenters. The summed E-state index contributed by atoms with van der Waals surface area (Å²) in [5, 5.41) is 7.38. The van der Waals surface area contributed by atoms with Gasteiger partial charge in [0, 0.05) is 22.3 Å². The second-order valence-electron chi connectivity index (χ2n) is 14.5. The number of hydrogen-bond donors (Lipinski definition) is 2. The average molecular weight is 889 g/mol. The summed E-state index contributed by atoms with van der Waals surface area (Å²) in [7, 11) is 0. The number of carbonyl (C=O) groups is 1. The monoisotopic (exact) mass is 888 g/mol. The van der Waals surface area contributed by atoms with Crippen molar-refractivity contribution in [2.75, 3.05) is 5.32 Å². The molecule has 0 spiro atoms. The van der Waals surface area contributed by atoms with Crippen LogP contribution >= 0.6 is 35.3 Å². The van der Waals surface area contributed by atoms with E-state index in [1.165, 1.54) is 11.3 Å². The average Bonchev–Trinajstić information content (AvgIpc) is 3.96. The molecule has 0 bridgehead atoms. The van der Waals surface area contributed by atoms with Crippen molar-refractivity contribution >= 4 is 61.5 Å². The van der Waals surface area contributed by atoms with Crippen molar-refractivity contribution in [2.45, 2.75) is 17.3 Å². The maximum Gasteiger partial charge on any atom is 0.427 e. The summed E-state index contributed by atoms with van der Waals surface area (Å²) in [4.78, 5) is 28.6. The first-order valence-corrected chi connectivity index (χ1v) is 21.8. The third-order valence-electron chi connectivity index (χ3n) is 10.7. The van der Waals surface area contributed by atoms with Gasteiger partial charge in [0.2, 0.25) is 10.7 Å². The maximum atomic E-state index is 15.3. The number of benzene rings is 7. The Balaban J connectivity index is 1.23. The van der Waals surface area contributed by atoms with E-state index in [2.05, 4.69) is 28.1 Å². The van der Waals surface area contributed by atoms with E-state index in [1.807, 2.05) is 200 Å². The van der Waals surface area contributed by atoms with Gasteiger partial charge in [-0.2, -0.15) is 13.2 Å². The Kier molecular flexibility index (Phi) is 11.5. The van der Waals surface area contributed by atoms with E-state index in [0.29, 0.717) is 28.0 Å². The lowest BCUT2D eigenvalue weighted by Crippen LogP contribution is -2.38. The van der Waals surface area contributed by atoms with Crippen LogP contribution in [0.3, 0.4) is 0 Å². The summed E-state index contributed by atoms with van der Waals surface area (Å²) in [6.45, 7) is 0. The summed E-state index contributed by atoms with van der Waals surface area (Å²) >= 11 is 6.02. The fraction of sp³-hybridized carbons (Fsp3) is 0.0588. The highest BCUT2D eigenvalue weighted by atomic mass is 32.1. The molecule has 0 aliphatic carbocycles. The Labute approximate surface area is 374 Å². The van der Waals surface area contributed by atoms with Crippen LogP contribution < -0.4 is 5.32 Å². The molecule has 0 fully saturated rings. The van der Waals surface area contributed by atoms with Crippen LogP contribution in [-0.2, 0) is 26.9 Å². The number of hydrogen-bond acceptors (Lipinski definition) is 8. The highest BCUT2D eigenvalue weighted by Gasteiger charge is 2.44. The molecule has 9 rings (SSSR count). The maximum absolute atomic E-state index is 15.3. The number of thiol groups is 1. The number of nitrogens with zero attached hydrogens (tertiary/aromatic N) is 3. The SMILES string of the molecule is O=C(S)C(=NOC(c1ccccc1)(c1ccccc1)c1cccc(-c2nc3ccccc3s2)c1)c1nc(NC(c2ccccc2)(c2ccccc2)c2ccccc2)sc1C(F)(F)F. The lowest BCUT2D eigenvalue weighted by Gasteiger charge is -2.36. The van der Waals surface area contributed by atoms with Gasteiger partial charge < -0.3 is 10.2 Å². The zero-order valence-corrected chi connectivity index (χ0v) is 35.6. The van der Waals surface area contributed by atoms with Crippen molar-refractivity contribution in [1.29, 1.82) is 0 Å². The number of thiazole rings is 2. The lowest BCUT2D eigenvalue weighted by atomic mass is 9.77. The molecule has 2 heterocycles. The number of para-hydroxylation sites is 1. The number of alkyl halides is 3. The van der Waals surface area contributed by atoms with Crippen LogP contribution in [-0.4, -0.2) is 20.8 Å². The first-order chi connectivity index (χ1) is 30.7. The Hall–Kier alpha value is -6.86. The molecule has 9 aromatic rings. The van der Waals surface area contributed by atoms with Crippen molar-refractivity contribution in [1.82, 2.24) is 9.97 Å². The first kappa shape index (κ1) is 41.5. The molecular formula is C51H35F3N4O2S3. The normalized spacial score (nSPS) is 12.3. The van der Waals surface area contributed by atoms with Crippen LogP contribution in [0.5, 0.6) is 0 Å². The minimum absolute atomic E-state index is 0.114. The Bertz CT molecular complexity index is 2870. The molecule has 6 nitrogen and oxygen atoms in total. The van der Waals surface area contributed by atoms with Crippen molar-refractivity contribution in [3.8, 4) is 10.6 Å². The predicted octanol–water partition coefficient (Wildman–Crippen LogP) is 13.0. The molecule has 0 aliphatic heterocycles. The molecule has 0 unspecified atom stereocenters. The van der Waals surface area contributed by atoms with Crippen molar-refractivity contribution < 1.29 is 22.8 Å². The lowest BCUT2D eigenvalue weighted by molar-refractivity contribution is -0.134. The highest BCUT2D eigenvalue weighted by Crippen LogP contribution is 2.46. The Morgan fingerprint density at radius 1 is 0.571 bits per heavy atom. The van der Waals surface area contributed by atoms with E-state index >= 15 is 13.2 Å². The van der Waals surface area contributed by atoms with Crippen LogP contribution in [0.15, 0.2) is 205 Å². The molecule has 0 amide bonds. The molecule has 0 saturated carbocycles. The van der Waals surface area contributed by atoms with E-state index in [4.69, 9.17) is 9.82 Å². The number of aromatic nitrogens is 2. The quantitative estimate of drug-likeness (QED) is 0.0522. The molecular weight excluding hydrogens is 854 g/mol. The molecule has 1 N–H and O–H groups in total. The number of nitrogens with one attached hydrogen (secondary N) is 1. The summed E-state index contributed by atoms with van der Waals surface area (Å²) in [5.41, 5.74) is 1.41. The summed E-state index contributed by atoms with van der Waals surface area (Å²) in [6, 6.07) is 62.1. The Morgan fingerprint density at radius 3 is 1.54 bits per heavy atom. The topological polar surface area (TPSA) is 76.5 Å². The van der Waals surface area contributed by atoms with E-state index in [0.717, 1.165) is 37.5 Å². The standard InChI is InChI=1S/C51H35F3N4O2S3/c52-51(53,54)45-43(56-48(63-45)57-49(35-20-6-1-7-21-35,36-22-8-2-9-23-36)37-24-10-3-11-25-37)44(47(59)61)58-60-50(38-26-12-4-13-27-38,39-28-14-5-15-29-39)40-30-18-19-34(33-40)46-55-41-31-16-17-32-42(41)62-46/h1-33H,(H,56,57)(H,59,61). The van der Waals surface area contributed by atoms with Crippen molar-refractivity contribution in [2.24, 2.45) is 5.16 Å². The van der Waals surface area contributed by atoms with Crippen molar-refractivity contribution in [3.63, 3.8) is 0 Å². The second-order valence-corrected chi connectivity index (χ2v) is 16.9. The highest BCUT2D eigenvalue weighted by molar-refractivity contribution is 7.99. The number of halogens is 3. The van der Waals surface area contributed by atoms with E-state index in [-0.39, 0.29) is 5.13 Å². The largest absolute Gasteiger partial charge is 0.427 e. The molecule has 310 valence electrons. The molecule has 7 aromatic carbocycles. The number of anilines is 1. The van der Waals surface area contributed by atoms with Crippen LogP contribution in [0.2, 0.25) is 0 Å².